The van der Waals surface area contributed by atoms with E-state index in [1.165, 1.54) is 0 Å². The average Bonchev–Trinajstić information content (AvgIpc) is 3.19. The number of ketones is 1. The van der Waals surface area contributed by atoms with Gasteiger partial charge in [0.2, 0.25) is 0 Å². The molecule has 6 heteroatoms. The highest BCUT2D eigenvalue weighted by molar-refractivity contribution is 6.00. The molecule has 192 valence electrons. The van der Waals surface area contributed by atoms with Crippen LogP contribution < -0.4 is 15.4 Å². The van der Waals surface area contributed by atoms with Crippen molar-refractivity contribution in [3.8, 4) is 5.75 Å². The molecule has 3 N–H and O–H groups in total. The molecule has 5 aliphatic rings. The number of allylic oxidation sites excluding steroid dienone is 2. The van der Waals surface area contributed by atoms with E-state index in [-0.39, 0.29) is 29.1 Å². The predicted octanol–water partition coefficient (Wildman–Crippen LogP) is 4.03. The van der Waals surface area contributed by atoms with Gasteiger partial charge in [0.05, 0.1) is 12.1 Å². The maximum atomic E-state index is 13.5. The molecule has 7 atom stereocenters. The summed E-state index contributed by atoms with van der Waals surface area (Å²) in [6, 6.07) is 3.07. The third-order valence-corrected chi connectivity index (χ3v) is 10.7. The summed E-state index contributed by atoms with van der Waals surface area (Å²) in [5, 5.41) is 18.0. The largest absolute Gasteiger partial charge is 0.486 e. The Hall–Kier alpha value is -2.44. The maximum Gasteiger partial charge on any atom is 0.252 e. The highest BCUT2D eigenvalue weighted by Gasteiger charge is 2.69. The number of carbonyl (C=O) groups excluding carboxylic acids is 2. The first-order valence-electron chi connectivity index (χ1n) is 13.4. The van der Waals surface area contributed by atoms with Crippen molar-refractivity contribution in [3.05, 3.63) is 53.1 Å². The summed E-state index contributed by atoms with van der Waals surface area (Å²) in [7, 11) is 1.87. The van der Waals surface area contributed by atoms with E-state index in [0.29, 0.717) is 24.3 Å². The van der Waals surface area contributed by atoms with E-state index in [1.807, 2.05) is 37.4 Å². The van der Waals surface area contributed by atoms with Crippen molar-refractivity contribution in [2.24, 2.45) is 22.7 Å². The summed E-state index contributed by atoms with van der Waals surface area (Å²) in [6.45, 7) is 8.85. The van der Waals surface area contributed by atoms with Crippen LogP contribution in [0, 0.1) is 22.7 Å². The minimum Gasteiger partial charge on any atom is -0.486 e. The van der Waals surface area contributed by atoms with Crippen LogP contribution in [0.1, 0.15) is 80.9 Å². The van der Waals surface area contributed by atoms with E-state index in [9.17, 15) is 14.7 Å². The van der Waals surface area contributed by atoms with Gasteiger partial charge in [0.25, 0.3) is 5.91 Å². The van der Waals surface area contributed by atoms with Gasteiger partial charge in [0.1, 0.15) is 17.0 Å². The fraction of sp³-hybridized carbons (Fsp3) is 0.600. The molecule has 1 amide bonds. The third-order valence-electron chi connectivity index (χ3n) is 10.7. The lowest BCUT2D eigenvalue weighted by Gasteiger charge is -2.66. The number of hydrogen-bond acceptors (Lipinski definition) is 5. The average molecular weight is 491 g/mol. The minimum absolute atomic E-state index is 0.0661. The summed E-state index contributed by atoms with van der Waals surface area (Å²) < 4.78 is 7.34. The predicted molar refractivity (Wildman–Crippen MR) is 138 cm³/mol. The Kier molecular flexibility index (Phi) is 5.02. The molecule has 2 fully saturated rings. The van der Waals surface area contributed by atoms with Crippen molar-refractivity contribution in [2.75, 3.05) is 7.05 Å². The molecule has 1 aromatic rings. The molecular weight excluding hydrogens is 452 g/mol. The molecule has 0 radical (unpaired) electrons. The number of fused-ring (bicyclic) bond motifs is 3. The number of aliphatic hydroxyl groups is 1. The van der Waals surface area contributed by atoms with Crippen molar-refractivity contribution in [3.63, 3.8) is 0 Å². The van der Waals surface area contributed by atoms with E-state index in [1.54, 1.807) is 6.08 Å². The molecule has 1 spiro atoms. The Morgan fingerprint density at radius 1 is 1.14 bits per heavy atom. The zero-order valence-corrected chi connectivity index (χ0v) is 22.0. The second-order valence-electron chi connectivity index (χ2n) is 12.7. The van der Waals surface area contributed by atoms with Crippen molar-refractivity contribution < 1.29 is 19.4 Å². The fourth-order valence-corrected chi connectivity index (χ4v) is 8.37. The number of benzene rings is 1. The van der Waals surface area contributed by atoms with E-state index < -0.39 is 22.7 Å². The zero-order valence-electron chi connectivity index (χ0n) is 22.0. The second-order valence-corrected chi connectivity index (χ2v) is 12.7. The SMILES string of the molecule is CN[C@@H]1C[C@@]23Oc4c(ccc5c4[C@H](C4(O)C=CC=CC4)NC5=O)C[C@]2(C)[C@@H](C)CC[C@H]3C(C)(C)C1=O. The topological polar surface area (TPSA) is 87.7 Å². The molecule has 1 aromatic carbocycles. The van der Waals surface area contributed by atoms with Gasteiger partial charge >= 0.3 is 0 Å². The maximum absolute atomic E-state index is 13.5. The molecule has 3 aliphatic carbocycles. The van der Waals surface area contributed by atoms with Gasteiger partial charge in [-0.2, -0.15) is 0 Å². The molecule has 0 saturated heterocycles. The van der Waals surface area contributed by atoms with Crippen LogP contribution in [0.3, 0.4) is 0 Å². The minimum atomic E-state index is -1.22. The van der Waals surface area contributed by atoms with Crippen molar-refractivity contribution in [1.82, 2.24) is 10.6 Å². The molecule has 6 rings (SSSR count). The van der Waals surface area contributed by atoms with Crippen molar-refractivity contribution in [2.45, 2.75) is 83.1 Å². The van der Waals surface area contributed by atoms with Crippen LogP contribution >= 0.6 is 0 Å². The smallest absolute Gasteiger partial charge is 0.252 e. The number of hydrogen-bond donors (Lipinski definition) is 3. The van der Waals surface area contributed by atoms with E-state index in [4.69, 9.17) is 4.74 Å². The van der Waals surface area contributed by atoms with Gasteiger partial charge in [-0.1, -0.05) is 58.1 Å². The van der Waals surface area contributed by atoms with Gasteiger partial charge in [-0.05, 0) is 43.9 Å². The zero-order chi connectivity index (χ0) is 25.7. The lowest BCUT2D eigenvalue weighted by molar-refractivity contribution is -0.213. The summed E-state index contributed by atoms with van der Waals surface area (Å²) >= 11 is 0. The van der Waals surface area contributed by atoms with Crippen LogP contribution in [0.5, 0.6) is 5.75 Å². The summed E-state index contributed by atoms with van der Waals surface area (Å²) in [4.78, 5) is 26.6. The molecule has 6 nitrogen and oxygen atoms in total. The van der Waals surface area contributed by atoms with Crippen molar-refractivity contribution in [1.29, 1.82) is 0 Å². The van der Waals surface area contributed by atoms with Crippen LogP contribution in [0.2, 0.25) is 0 Å². The molecule has 2 heterocycles. The normalized spacial score (nSPS) is 42.1. The van der Waals surface area contributed by atoms with Crippen LogP contribution in [-0.2, 0) is 11.2 Å². The van der Waals surface area contributed by atoms with E-state index >= 15 is 0 Å². The Balaban J connectivity index is 1.56. The lowest BCUT2D eigenvalue weighted by Crippen LogP contribution is -2.73. The lowest BCUT2D eigenvalue weighted by atomic mass is 9.43. The monoisotopic (exact) mass is 490 g/mol. The van der Waals surface area contributed by atoms with Crippen LogP contribution in [0.15, 0.2) is 36.4 Å². The Morgan fingerprint density at radius 2 is 1.92 bits per heavy atom. The van der Waals surface area contributed by atoms with Crippen LogP contribution in [-0.4, -0.2) is 41.1 Å². The van der Waals surface area contributed by atoms with E-state index in [2.05, 4.69) is 38.3 Å². The standard InChI is InChI=1S/C30H38N2O4/c1-17-9-12-21-27(2,3)25(33)20(31-5)16-30(21)28(17,4)15-18-10-11-19-22(23(18)36-30)24(32-26(19)34)29(35)13-7-6-8-14-29/h6-8,10-11,13,17,20-21,24,31,35H,9,12,14-16H2,1-5H3,(H,32,34)/t17-,20+,21-,24+,28+,29?,30-/m0/s1. The number of rotatable bonds is 2. The first-order valence-corrected chi connectivity index (χ1v) is 13.4. The Labute approximate surface area is 213 Å². The fourth-order valence-electron chi connectivity index (χ4n) is 8.37. The van der Waals surface area contributed by atoms with Gasteiger partial charge in [-0.15, -0.1) is 0 Å². The number of Topliss-reactive ketones (excluding diaryl/α,β-unsaturated/α-hetero) is 1. The van der Waals surface area contributed by atoms with Gasteiger partial charge in [0, 0.05) is 40.7 Å². The molecular formula is C30H38N2O4. The highest BCUT2D eigenvalue weighted by atomic mass is 16.5. The van der Waals surface area contributed by atoms with Gasteiger partial charge in [0.15, 0.2) is 5.78 Å². The Bertz CT molecular complexity index is 1220. The first-order chi connectivity index (χ1) is 17.0. The number of ether oxygens (including phenoxy) is 1. The second kappa shape index (κ2) is 7.55. The van der Waals surface area contributed by atoms with Crippen LogP contribution in [0.4, 0.5) is 0 Å². The molecule has 0 aromatic heterocycles. The summed E-state index contributed by atoms with van der Waals surface area (Å²) in [5.74, 6) is 1.31. The third kappa shape index (κ3) is 2.86. The summed E-state index contributed by atoms with van der Waals surface area (Å²) in [5.41, 5.74) is -0.0487. The molecule has 0 bridgehead atoms. The molecule has 36 heavy (non-hydrogen) atoms. The molecule has 1 unspecified atom stereocenters. The van der Waals surface area contributed by atoms with Crippen LogP contribution in [0.25, 0.3) is 0 Å². The summed E-state index contributed by atoms with van der Waals surface area (Å²) in [6.07, 6.45) is 11.3. The number of likely N-dealkylation sites (N-methyl/N-ethyl adjacent to an activating group) is 1. The number of nitrogens with one attached hydrogen (secondary N) is 2. The van der Waals surface area contributed by atoms with Gasteiger partial charge in [-0.25, -0.2) is 0 Å². The number of amides is 1. The molecule has 2 saturated carbocycles. The number of carbonyl (C=O) groups is 2. The Morgan fingerprint density at radius 3 is 2.61 bits per heavy atom. The first kappa shape index (κ1) is 23.9. The highest BCUT2D eigenvalue weighted by Crippen LogP contribution is 2.66. The van der Waals surface area contributed by atoms with Crippen molar-refractivity contribution >= 4 is 11.7 Å². The van der Waals surface area contributed by atoms with E-state index in [0.717, 1.165) is 36.1 Å². The van der Waals surface area contributed by atoms with Gasteiger partial charge < -0.3 is 20.5 Å². The quantitative estimate of drug-likeness (QED) is 0.583. The van der Waals surface area contributed by atoms with Gasteiger partial charge in [-0.3, -0.25) is 9.59 Å². The molecule has 2 aliphatic heterocycles.